The second-order valence-electron chi connectivity index (χ2n) is 5.69. The number of halogens is 1. The van der Waals surface area contributed by atoms with E-state index < -0.39 is 10.0 Å². The zero-order chi connectivity index (χ0) is 20.0. The van der Waals surface area contributed by atoms with E-state index in [1.54, 1.807) is 24.3 Å². The van der Waals surface area contributed by atoms with Crippen molar-refractivity contribution >= 4 is 49.4 Å². The van der Waals surface area contributed by atoms with Crippen LogP contribution in [0.4, 0.5) is 11.5 Å². The first-order valence-electron chi connectivity index (χ1n) is 8.21. The fraction of sp³-hybridized carbons (Fsp3) is 0. The van der Waals surface area contributed by atoms with Crippen LogP contribution in [-0.4, -0.2) is 19.3 Å². The first kappa shape index (κ1) is 19.8. The minimum absolute atomic E-state index is 0.0694. The van der Waals surface area contributed by atoms with E-state index in [-0.39, 0.29) is 16.6 Å². The van der Waals surface area contributed by atoms with Crippen molar-refractivity contribution in [2.45, 2.75) is 4.90 Å². The summed E-state index contributed by atoms with van der Waals surface area (Å²) in [5, 5.41) is 2.69. The van der Waals surface area contributed by atoms with Gasteiger partial charge in [-0.2, -0.15) is 0 Å². The molecular formula is C20H16BrN3O3S. The Labute approximate surface area is 171 Å². The number of aromatic nitrogens is 1. The molecule has 0 spiro atoms. The molecule has 0 aliphatic heterocycles. The SMILES string of the molecule is O=C(C=Cc1ccccc1Br)Nc1ccc(S(=O)(=O)Nc2ccccn2)cc1. The number of amides is 1. The lowest BCUT2D eigenvalue weighted by atomic mass is 10.2. The fourth-order valence-electron chi connectivity index (χ4n) is 2.30. The average molecular weight is 458 g/mol. The van der Waals surface area contributed by atoms with Gasteiger partial charge >= 0.3 is 0 Å². The summed E-state index contributed by atoms with van der Waals surface area (Å²) < 4.78 is 28.0. The molecule has 2 aromatic carbocycles. The van der Waals surface area contributed by atoms with Gasteiger partial charge < -0.3 is 5.32 Å². The zero-order valence-corrected chi connectivity index (χ0v) is 16.9. The summed E-state index contributed by atoms with van der Waals surface area (Å²) >= 11 is 3.41. The molecule has 0 unspecified atom stereocenters. The number of anilines is 2. The molecular weight excluding hydrogens is 442 g/mol. The first-order chi connectivity index (χ1) is 13.4. The summed E-state index contributed by atoms with van der Waals surface area (Å²) in [6.45, 7) is 0. The van der Waals surface area contributed by atoms with Gasteiger partial charge in [-0.25, -0.2) is 13.4 Å². The van der Waals surface area contributed by atoms with Crippen LogP contribution in [0.3, 0.4) is 0 Å². The normalized spacial score (nSPS) is 11.3. The number of pyridine rings is 1. The van der Waals surface area contributed by atoms with Crippen molar-refractivity contribution in [3.8, 4) is 0 Å². The second-order valence-corrected chi connectivity index (χ2v) is 8.23. The Hall–Kier alpha value is -2.97. The Kier molecular flexibility index (Phi) is 6.23. The third kappa shape index (κ3) is 5.28. The molecule has 0 fully saturated rings. The summed E-state index contributed by atoms with van der Waals surface area (Å²) in [6, 6.07) is 18.3. The van der Waals surface area contributed by atoms with Gasteiger partial charge in [0.1, 0.15) is 5.82 Å². The van der Waals surface area contributed by atoms with Gasteiger partial charge in [-0.3, -0.25) is 9.52 Å². The number of hydrogen-bond acceptors (Lipinski definition) is 4. The van der Waals surface area contributed by atoms with E-state index in [2.05, 4.69) is 31.0 Å². The molecule has 28 heavy (non-hydrogen) atoms. The molecule has 0 saturated heterocycles. The lowest BCUT2D eigenvalue weighted by Crippen LogP contribution is -2.14. The van der Waals surface area contributed by atoms with E-state index in [0.29, 0.717) is 5.69 Å². The van der Waals surface area contributed by atoms with Gasteiger partial charge in [0.15, 0.2) is 0 Å². The highest BCUT2D eigenvalue weighted by Crippen LogP contribution is 2.18. The van der Waals surface area contributed by atoms with Gasteiger partial charge in [0, 0.05) is 22.4 Å². The second kappa shape index (κ2) is 8.81. The number of nitrogens with zero attached hydrogens (tertiary/aromatic N) is 1. The Morgan fingerprint density at radius 1 is 0.964 bits per heavy atom. The number of benzene rings is 2. The third-order valence-electron chi connectivity index (χ3n) is 3.66. The molecule has 0 saturated carbocycles. The molecule has 8 heteroatoms. The highest BCUT2D eigenvalue weighted by Gasteiger charge is 2.14. The molecule has 0 atom stereocenters. The van der Waals surface area contributed by atoms with E-state index in [0.717, 1.165) is 10.0 Å². The molecule has 6 nitrogen and oxygen atoms in total. The Bertz CT molecular complexity index is 1100. The minimum Gasteiger partial charge on any atom is -0.323 e. The maximum atomic E-state index is 12.4. The lowest BCUT2D eigenvalue weighted by molar-refractivity contribution is -0.111. The van der Waals surface area contributed by atoms with Crippen molar-refractivity contribution in [1.29, 1.82) is 0 Å². The third-order valence-corrected chi connectivity index (χ3v) is 5.75. The smallest absolute Gasteiger partial charge is 0.263 e. The van der Waals surface area contributed by atoms with E-state index in [4.69, 9.17) is 0 Å². The maximum Gasteiger partial charge on any atom is 0.263 e. The van der Waals surface area contributed by atoms with Crippen LogP contribution in [-0.2, 0) is 14.8 Å². The average Bonchev–Trinajstić information content (AvgIpc) is 2.68. The number of carbonyl (C=O) groups excluding carboxylic acids is 1. The van der Waals surface area contributed by atoms with Crippen LogP contribution in [0, 0.1) is 0 Å². The molecule has 1 aromatic heterocycles. The van der Waals surface area contributed by atoms with Crippen LogP contribution in [0.25, 0.3) is 6.08 Å². The molecule has 0 aliphatic rings. The molecule has 3 aromatic rings. The van der Waals surface area contributed by atoms with Gasteiger partial charge in [-0.15, -0.1) is 0 Å². The van der Waals surface area contributed by atoms with E-state index >= 15 is 0 Å². The molecule has 2 N–H and O–H groups in total. The van der Waals surface area contributed by atoms with Gasteiger partial charge in [-0.1, -0.05) is 40.2 Å². The number of rotatable bonds is 6. The summed E-state index contributed by atoms with van der Waals surface area (Å²) in [4.78, 5) is 16.1. The van der Waals surface area contributed by atoms with Gasteiger partial charge in [0.2, 0.25) is 5.91 Å². The number of carbonyl (C=O) groups is 1. The predicted molar refractivity (Wildman–Crippen MR) is 113 cm³/mol. The van der Waals surface area contributed by atoms with Crippen molar-refractivity contribution in [3.63, 3.8) is 0 Å². The highest BCUT2D eigenvalue weighted by molar-refractivity contribution is 9.10. The van der Waals surface area contributed by atoms with Gasteiger partial charge in [-0.05, 0) is 54.1 Å². The zero-order valence-electron chi connectivity index (χ0n) is 14.5. The summed E-state index contributed by atoms with van der Waals surface area (Å²) in [5.74, 6) is -0.0879. The van der Waals surface area contributed by atoms with Crippen molar-refractivity contribution in [2.24, 2.45) is 0 Å². The molecule has 1 amide bonds. The van der Waals surface area contributed by atoms with Crippen LogP contribution in [0.1, 0.15) is 5.56 Å². The monoisotopic (exact) mass is 457 g/mol. The van der Waals surface area contributed by atoms with E-state index in [1.165, 1.54) is 36.5 Å². The predicted octanol–water partition coefficient (Wildman–Crippen LogP) is 4.30. The Balaban J connectivity index is 1.65. The van der Waals surface area contributed by atoms with Crippen LogP contribution < -0.4 is 10.0 Å². The molecule has 0 bridgehead atoms. The highest BCUT2D eigenvalue weighted by atomic mass is 79.9. The van der Waals surface area contributed by atoms with Crippen molar-refractivity contribution in [2.75, 3.05) is 10.0 Å². The van der Waals surface area contributed by atoms with Gasteiger partial charge in [0.05, 0.1) is 4.90 Å². The van der Waals surface area contributed by atoms with Crippen molar-refractivity contribution in [3.05, 3.63) is 89.0 Å². The minimum atomic E-state index is -3.75. The van der Waals surface area contributed by atoms with Crippen LogP contribution in [0.15, 0.2) is 88.4 Å². The molecule has 0 aliphatic carbocycles. The number of sulfonamides is 1. The fourth-order valence-corrected chi connectivity index (χ4v) is 3.72. The largest absolute Gasteiger partial charge is 0.323 e. The standard InChI is InChI=1S/C20H16BrN3O3S/c21-18-6-2-1-5-15(18)8-13-20(25)23-16-9-11-17(12-10-16)28(26,27)24-19-7-3-4-14-22-19/h1-14H,(H,22,24)(H,23,25). The Morgan fingerprint density at radius 2 is 1.68 bits per heavy atom. The molecule has 1 heterocycles. The van der Waals surface area contributed by atoms with E-state index in [9.17, 15) is 13.2 Å². The summed E-state index contributed by atoms with van der Waals surface area (Å²) in [6.07, 6.45) is 4.60. The summed E-state index contributed by atoms with van der Waals surface area (Å²) in [5.41, 5.74) is 1.36. The Morgan fingerprint density at radius 3 is 2.36 bits per heavy atom. The maximum absolute atomic E-state index is 12.4. The molecule has 142 valence electrons. The topological polar surface area (TPSA) is 88.2 Å². The van der Waals surface area contributed by atoms with Gasteiger partial charge in [0.25, 0.3) is 10.0 Å². The summed E-state index contributed by atoms with van der Waals surface area (Å²) in [7, 11) is -3.75. The van der Waals surface area contributed by atoms with E-state index in [1.807, 2.05) is 24.3 Å². The van der Waals surface area contributed by atoms with Crippen LogP contribution in [0.2, 0.25) is 0 Å². The van der Waals surface area contributed by atoms with Crippen LogP contribution in [0.5, 0.6) is 0 Å². The van der Waals surface area contributed by atoms with Crippen LogP contribution >= 0.6 is 15.9 Å². The first-order valence-corrected chi connectivity index (χ1v) is 10.5. The quantitative estimate of drug-likeness (QED) is 0.540. The number of nitrogens with one attached hydrogen (secondary N) is 2. The lowest BCUT2D eigenvalue weighted by Gasteiger charge is -2.08. The van der Waals surface area contributed by atoms with Crippen molar-refractivity contribution < 1.29 is 13.2 Å². The van der Waals surface area contributed by atoms with Crippen molar-refractivity contribution in [1.82, 2.24) is 4.98 Å². The number of hydrogen-bond donors (Lipinski definition) is 2. The molecule has 0 radical (unpaired) electrons. The molecule has 3 rings (SSSR count).